The lowest BCUT2D eigenvalue weighted by Crippen LogP contribution is -2.38. The van der Waals surface area contributed by atoms with Gasteiger partial charge in [0, 0.05) is 24.7 Å². The van der Waals surface area contributed by atoms with Crippen molar-refractivity contribution in [2.24, 2.45) is 4.99 Å². The maximum absolute atomic E-state index is 13.3. The van der Waals surface area contributed by atoms with Crippen LogP contribution in [0.4, 0.5) is 4.39 Å². The van der Waals surface area contributed by atoms with E-state index in [1.807, 2.05) is 26.0 Å². The molecule has 30 heavy (non-hydrogen) atoms. The van der Waals surface area contributed by atoms with E-state index in [2.05, 4.69) is 15.6 Å². The summed E-state index contributed by atoms with van der Waals surface area (Å²) in [6.45, 7) is 5.76. The number of aryl methyl sites for hydroxylation is 1. The van der Waals surface area contributed by atoms with Crippen molar-refractivity contribution < 1.29 is 18.6 Å². The third-order valence-electron chi connectivity index (χ3n) is 4.53. The van der Waals surface area contributed by atoms with E-state index >= 15 is 0 Å². The van der Waals surface area contributed by atoms with Gasteiger partial charge >= 0.3 is 0 Å². The Bertz CT molecular complexity index is 847. The SMILES string of the molecule is CCNC(=NCc1cc(OC)c(OC)cc1OC)NCCc1ccc(F)cc1C.I. The van der Waals surface area contributed by atoms with E-state index in [-0.39, 0.29) is 29.8 Å². The number of guanidine groups is 1. The Morgan fingerprint density at radius 1 is 0.933 bits per heavy atom. The molecule has 166 valence electrons. The zero-order valence-electron chi connectivity index (χ0n) is 18.2. The molecule has 0 atom stereocenters. The van der Waals surface area contributed by atoms with Gasteiger partial charge in [0.2, 0.25) is 0 Å². The monoisotopic (exact) mass is 531 g/mol. The fraction of sp³-hybridized carbons (Fsp3) is 0.409. The summed E-state index contributed by atoms with van der Waals surface area (Å²) in [7, 11) is 4.80. The fourth-order valence-electron chi connectivity index (χ4n) is 2.98. The molecule has 0 amide bonds. The molecular formula is C22H31FIN3O3. The van der Waals surface area contributed by atoms with Gasteiger partial charge in [-0.25, -0.2) is 9.38 Å². The van der Waals surface area contributed by atoms with Crippen molar-refractivity contribution in [1.82, 2.24) is 10.6 Å². The van der Waals surface area contributed by atoms with Gasteiger partial charge < -0.3 is 24.8 Å². The Balaban J connectivity index is 0.00000450. The van der Waals surface area contributed by atoms with Gasteiger partial charge in [-0.1, -0.05) is 6.07 Å². The minimum Gasteiger partial charge on any atom is -0.496 e. The van der Waals surface area contributed by atoms with E-state index < -0.39 is 0 Å². The van der Waals surface area contributed by atoms with Crippen molar-refractivity contribution in [2.75, 3.05) is 34.4 Å². The summed E-state index contributed by atoms with van der Waals surface area (Å²) >= 11 is 0. The topological polar surface area (TPSA) is 64.1 Å². The first-order valence-corrected chi connectivity index (χ1v) is 9.58. The zero-order chi connectivity index (χ0) is 21.2. The van der Waals surface area contributed by atoms with Crippen molar-refractivity contribution in [2.45, 2.75) is 26.8 Å². The first kappa shape index (κ1) is 25.8. The normalized spacial score (nSPS) is 10.8. The number of hydrogen-bond acceptors (Lipinski definition) is 4. The lowest BCUT2D eigenvalue weighted by molar-refractivity contribution is 0.347. The highest BCUT2D eigenvalue weighted by molar-refractivity contribution is 14.0. The molecule has 8 heteroatoms. The number of benzene rings is 2. The van der Waals surface area contributed by atoms with Crippen LogP contribution < -0.4 is 24.8 Å². The van der Waals surface area contributed by atoms with Crippen molar-refractivity contribution in [3.63, 3.8) is 0 Å². The summed E-state index contributed by atoms with van der Waals surface area (Å²) in [5, 5.41) is 6.55. The molecule has 0 radical (unpaired) electrons. The Labute approximate surface area is 195 Å². The third-order valence-corrected chi connectivity index (χ3v) is 4.53. The summed E-state index contributed by atoms with van der Waals surface area (Å²) < 4.78 is 29.4. The number of methoxy groups -OCH3 is 3. The predicted molar refractivity (Wildman–Crippen MR) is 129 cm³/mol. The van der Waals surface area contributed by atoms with Crippen LogP contribution in [0.25, 0.3) is 0 Å². The minimum atomic E-state index is -0.210. The van der Waals surface area contributed by atoms with Gasteiger partial charge in [0.15, 0.2) is 17.5 Å². The zero-order valence-corrected chi connectivity index (χ0v) is 20.5. The first-order valence-electron chi connectivity index (χ1n) is 9.58. The highest BCUT2D eigenvalue weighted by atomic mass is 127. The molecule has 0 bridgehead atoms. The van der Waals surface area contributed by atoms with Gasteiger partial charge in [-0.3, -0.25) is 0 Å². The minimum absolute atomic E-state index is 0. The van der Waals surface area contributed by atoms with Gasteiger partial charge in [-0.05, 0) is 49.6 Å². The maximum atomic E-state index is 13.3. The molecule has 2 aromatic carbocycles. The van der Waals surface area contributed by atoms with Gasteiger partial charge in [-0.2, -0.15) is 0 Å². The molecule has 0 fully saturated rings. The summed E-state index contributed by atoms with van der Waals surface area (Å²) in [6, 6.07) is 8.53. The van der Waals surface area contributed by atoms with Crippen LogP contribution >= 0.6 is 24.0 Å². The van der Waals surface area contributed by atoms with Crippen LogP contribution in [-0.2, 0) is 13.0 Å². The quantitative estimate of drug-likeness (QED) is 0.290. The molecule has 0 saturated heterocycles. The molecule has 6 nitrogen and oxygen atoms in total. The number of halogens is 2. The summed E-state index contributed by atoms with van der Waals surface area (Å²) in [6.07, 6.45) is 0.774. The summed E-state index contributed by atoms with van der Waals surface area (Å²) in [5.74, 6) is 2.41. The highest BCUT2D eigenvalue weighted by Crippen LogP contribution is 2.34. The van der Waals surface area contributed by atoms with Crippen LogP contribution in [0.15, 0.2) is 35.3 Å². The van der Waals surface area contributed by atoms with Crippen LogP contribution in [0.1, 0.15) is 23.6 Å². The molecule has 2 aromatic rings. The molecule has 0 spiro atoms. The van der Waals surface area contributed by atoms with Gasteiger partial charge in [0.05, 0.1) is 27.9 Å². The Hall–Kier alpha value is -2.23. The molecule has 0 aromatic heterocycles. The maximum Gasteiger partial charge on any atom is 0.191 e. The summed E-state index contributed by atoms with van der Waals surface area (Å²) in [5.41, 5.74) is 2.94. The molecule has 0 saturated carbocycles. The number of hydrogen-bond donors (Lipinski definition) is 2. The fourth-order valence-corrected chi connectivity index (χ4v) is 2.98. The van der Waals surface area contributed by atoms with Crippen molar-refractivity contribution in [1.29, 1.82) is 0 Å². The van der Waals surface area contributed by atoms with Crippen LogP contribution in [0, 0.1) is 12.7 Å². The Morgan fingerprint density at radius 3 is 2.20 bits per heavy atom. The average molecular weight is 531 g/mol. The lowest BCUT2D eigenvalue weighted by Gasteiger charge is -2.15. The van der Waals surface area contributed by atoms with Crippen LogP contribution in [0.5, 0.6) is 17.2 Å². The second-order valence-electron chi connectivity index (χ2n) is 6.46. The average Bonchev–Trinajstić information content (AvgIpc) is 2.72. The van der Waals surface area contributed by atoms with Gasteiger partial charge in [-0.15, -0.1) is 24.0 Å². The van der Waals surface area contributed by atoms with E-state index in [1.54, 1.807) is 33.5 Å². The standard InChI is InChI=1S/C22H30FN3O3.HI/c1-6-24-22(25-10-9-16-7-8-18(23)11-15(16)2)26-14-17-12-20(28-4)21(29-5)13-19(17)27-3;/h7-8,11-13H,6,9-10,14H2,1-5H3,(H2,24,25,26);1H. The molecular weight excluding hydrogens is 500 g/mol. The van der Waals surface area contributed by atoms with E-state index in [4.69, 9.17) is 14.2 Å². The molecule has 2 N–H and O–H groups in total. The van der Waals surface area contributed by atoms with Crippen molar-refractivity contribution in [3.8, 4) is 17.2 Å². The number of nitrogens with zero attached hydrogens (tertiary/aromatic N) is 1. The second kappa shape index (κ2) is 13.1. The van der Waals surface area contributed by atoms with Crippen LogP contribution in [-0.4, -0.2) is 40.4 Å². The smallest absolute Gasteiger partial charge is 0.191 e. The molecule has 0 aliphatic rings. The molecule has 0 unspecified atom stereocenters. The Kier molecular flexibility index (Phi) is 11.3. The third kappa shape index (κ3) is 7.23. The first-order chi connectivity index (χ1) is 14.0. The van der Waals surface area contributed by atoms with Crippen molar-refractivity contribution in [3.05, 3.63) is 52.8 Å². The van der Waals surface area contributed by atoms with E-state index in [0.717, 1.165) is 29.7 Å². The summed E-state index contributed by atoms with van der Waals surface area (Å²) in [4.78, 5) is 4.65. The van der Waals surface area contributed by atoms with Gasteiger partial charge in [0.25, 0.3) is 0 Å². The molecule has 0 heterocycles. The van der Waals surface area contributed by atoms with Gasteiger partial charge in [0.1, 0.15) is 11.6 Å². The number of nitrogens with one attached hydrogen (secondary N) is 2. The lowest BCUT2D eigenvalue weighted by atomic mass is 10.1. The molecule has 0 aliphatic carbocycles. The van der Waals surface area contributed by atoms with E-state index in [1.165, 1.54) is 6.07 Å². The largest absolute Gasteiger partial charge is 0.496 e. The van der Waals surface area contributed by atoms with Crippen LogP contribution in [0.3, 0.4) is 0 Å². The van der Waals surface area contributed by atoms with E-state index in [9.17, 15) is 4.39 Å². The number of aliphatic imine (C=N–C) groups is 1. The van der Waals surface area contributed by atoms with Crippen molar-refractivity contribution >= 4 is 29.9 Å². The van der Waals surface area contributed by atoms with Crippen LogP contribution in [0.2, 0.25) is 0 Å². The highest BCUT2D eigenvalue weighted by Gasteiger charge is 2.12. The Morgan fingerprint density at radius 2 is 1.60 bits per heavy atom. The number of rotatable bonds is 9. The van der Waals surface area contributed by atoms with E-state index in [0.29, 0.717) is 36.3 Å². The second-order valence-corrected chi connectivity index (χ2v) is 6.46. The predicted octanol–water partition coefficient (Wildman–Crippen LogP) is 4.08. The number of ether oxygens (including phenoxy) is 3. The molecule has 0 aliphatic heterocycles. The molecule has 2 rings (SSSR count).